The van der Waals surface area contributed by atoms with Gasteiger partial charge in [-0.15, -0.1) is 0 Å². The maximum atomic E-state index is 9.89. The summed E-state index contributed by atoms with van der Waals surface area (Å²) in [5, 5.41) is 9.89. The summed E-state index contributed by atoms with van der Waals surface area (Å²) >= 11 is 0. The Balaban J connectivity index is 2.47. The number of nitrogens with zero attached hydrogens (tertiary/aromatic N) is 1. The second-order valence-electron chi connectivity index (χ2n) is 5.08. The van der Waals surface area contributed by atoms with Crippen molar-refractivity contribution >= 4 is 11.4 Å². The average Bonchev–Trinajstić information content (AvgIpc) is 2.38. The van der Waals surface area contributed by atoms with Crippen molar-refractivity contribution in [1.29, 1.82) is 0 Å². The zero-order valence-electron chi connectivity index (χ0n) is 12.0. The minimum atomic E-state index is -0.468. The number of hydrogen-bond donors (Lipinski definition) is 1. The molecule has 0 saturated carbocycles. The number of benzene rings is 2. The Hall–Kier alpha value is -1.80. The molecule has 2 aromatic carbocycles. The van der Waals surface area contributed by atoms with Gasteiger partial charge in [0.05, 0.1) is 6.10 Å². The van der Waals surface area contributed by atoms with Crippen LogP contribution in [0.1, 0.15) is 29.7 Å². The quantitative estimate of drug-likeness (QED) is 0.891. The average molecular weight is 255 g/mol. The predicted molar refractivity (Wildman–Crippen MR) is 81.1 cm³/mol. The molecule has 2 rings (SSSR count). The maximum absolute atomic E-state index is 9.89. The first-order chi connectivity index (χ1) is 9.00. The van der Waals surface area contributed by atoms with E-state index in [0.717, 1.165) is 11.3 Å². The lowest BCUT2D eigenvalue weighted by Gasteiger charge is -2.25. The van der Waals surface area contributed by atoms with Crippen molar-refractivity contribution in [3.8, 4) is 0 Å². The number of para-hydroxylation sites is 1. The van der Waals surface area contributed by atoms with Crippen molar-refractivity contribution < 1.29 is 5.11 Å². The number of hydrogen-bond acceptors (Lipinski definition) is 2. The minimum absolute atomic E-state index is 0.468. The molecule has 19 heavy (non-hydrogen) atoms. The molecular weight excluding hydrogens is 234 g/mol. The first-order valence-electron chi connectivity index (χ1n) is 6.58. The van der Waals surface area contributed by atoms with Crippen LogP contribution in [-0.2, 0) is 0 Å². The van der Waals surface area contributed by atoms with Gasteiger partial charge < -0.3 is 10.0 Å². The molecular formula is C17H21NO. The van der Waals surface area contributed by atoms with Gasteiger partial charge in [0, 0.05) is 24.0 Å². The highest BCUT2D eigenvalue weighted by Gasteiger charge is 2.13. The highest BCUT2D eigenvalue weighted by atomic mass is 16.3. The van der Waals surface area contributed by atoms with E-state index in [9.17, 15) is 5.11 Å². The van der Waals surface area contributed by atoms with Crippen LogP contribution >= 0.6 is 0 Å². The SMILES string of the molecule is Cc1ccc(N(C)c2ccccc2[C@@H](C)O)c(C)c1. The summed E-state index contributed by atoms with van der Waals surface area (Å²) in [4.78, 5) is 2.14. The van der Waals surface area contributed by atoms with Gasteiger partial charge in [-0.05, 0) is 38.5 Å². The molecule has 0 saturated heterocycles. The van der Waals surface area contributed by atoms with E-state index in [2.05, 4.69) is 36.9 Å². The van der Waals surface area contributed by atoms with Gasteiger partial charge in [0.2, 0.25) is 0 Å². The Morgan fingerprint density at radius 1 is 1.00 bits per heavy atom. The molecule has 1 N–H and O–H groups in total. The Bertz CT molecular complexity index is 575. The summed E-state index contributed by atoms with van der Waals surface area (Å²) in [6.45, 7) is 6.01. The third kappa shape index (κ3) is 2.79. The van der Waals surface area contributed by atoms with E-state index in [-0.39, 0.29) is 0 Å². The number of anilines is 2. The third-order valence-electron chi connectivity index (χ3n) is 3.46. The lowest BCUT2D eigenvalue weighted by molar-refractivity contribution is 0.200. The number of aryl methyl sites for hydroxylation is 2. The molecule has 0 spiro atoms. The molecule has 2 aromatic rings. The van der Waals surface area contributed by atoms with Crippen LogP contribution in [0.25, 0.3) is 0 Å². The van der Waals surface area contributed by atoms with Crippen LogP contribution in [0, 0.1) is 13.8 Å². The lowest BCUT2D eigenvalue weighted by Crippen LogP contribution is -2.14. The van der Waals surface area contributed by atoms with E-state index in [0.29, 0.717) is 0 Å². The maximum Gasteiger partial charge on any atom is 0.0782 e. The molecule has 0 aliphatic rings. The Morgan fingerprint density at radius 3 is 2.32 bits per heavy atom. The molecule has 1 atom stereocenters. The molecule has 0 radical (unpaired) electrons. The summed E-state index contributed by atoms with van der Waals surface area (Å²) in [5.41, 5.74) is 5.66. The number of rotatable bonds is 3. The summed E-state index contributed by atoms with van der Waals surface area (Å²) in [5.74, 6) is 0. The molecule has 0 unspecified atom stereocenters. The Morgan fingerprint density at radius 2 is 1.68 bits per heavy atom. The molecule has 0 heterocycles. The second-order valence-corrected chi connectivity index (χ2v) is 5.08. The van der Waals surface area contributed by atoms with Crippen molar-refractivity contribution in [2.75, 3.05) is 11.9 Å². The molecule has 0 fully saturated rings. The molecule has 2 heteroatoms. The van der Waals surface area contributed by atoms with E-state index >= 15 is 0 Å². The highest BCUT2D eigenvalue weighted by molar-refractivity contribution is 5.68. The van der Waals surface area contributed by atoms with Crippen LogP contribution in [0.4, 0.5) is 11.4 Å². The number of aliphatic hydroxyl groups is 1. The van der Waals surface area contributed by atoms with E-state index in [1.807, 2.05) is 31.3 Å². The van der Waals surface area contributed by atoms with Crippen LogP contribution in [0.5, 0.6) is 0 Å². The van der Waals surface area contributed by atoms with Crippen LogP contribution in [0.3, 0.4) is 0 Å². The Labute approximate surface area is 115 Å². The molecule has 100 valence electrons. The van der Waals surface area contributed by atoms with Crippen LogP contribution in [0.15, 0.2) is 42.5 Å². The molecule has 0 aliphatic heterocycles. The molecule has 0 bridgehead atoms. The zero-order valence-corrected chi connectivity index (χ0v) is 12.0. The van der Waals surface area contributed by atoms with Crippen molar-refractivity contribution in [3.63, 3.8) is 0 Å². The van der Waals surface area contributed by atoms with Gasteiger partial charge in [0.1, 0.15) is 0 Å². The van der Waals surface area contributed by atoms with Crippen molar-refractivity contribution in [1.82, 2.24) is 0 Å². The molecule has 0 aliphatic carbocycles. The standard InChI is InChI=1S/C17H21NO/c1-12-9-10-16(13(2)11-12)18(4)17-8-6-5-7-15(17)14(3)19/h5-11,14,19H,1-4H3/t14-/m1/s1. The van der Waals surface area contributed by atoms with E-state index < -0.39 is 6.10 Å². The molecule has 2 nitrogen and oxygen atoms in total. The van der Waals surface area contributed by atoms with Crippen molar-refractivity contribution in [2.45, 2.75) is 26.9 Å². The fraction of sp³-hybridized carbons (Fsp3) is 0.294. The highest BCUT2D eigenvalue weighted by Crippen LogP contribution is 2.32. The van der Waals surface area contributed by atoms with Crippen molar-refractivity contribution in [2.24, 2.45) is 0 Å². The van der Waals surface area contributed by atoms with E-state index in [1.165, 1.54) is 16.8 Å². The third-order valence-corrected chi connectivity index (χ3v) is 3.46. The van der Waals surface area contributed by atoms with Crippen LogP contribution in [0.2, 0.25) is 0 Å². The first kappa shape index (κ1) is 13.6. The van der Waals surface area contributed by atoms with E-state index in [4.69, 9.17) is 0 Å². The topological polar surface area (TPSA) is 23.5 Å². The van der Waals surface area contributed by atoms with Gasteiger partial charge in [-0.1, -0.05) is 35.9 Å². The van der Waals surface area contributed by atoms with Gasteiger partial charge in [0.25, 0.3) is 0 Å². The normalized spacial score (nSPS) is 12.3. The minimum Gasteiger partial charge on any atom is -0.389 e. The smallest absolute Gasteiger partial charge is 0.0782 e. The lowest BCUT2D eigenvalue weighted by atomic mass is 10.1. The summed E-state index contributed by atoms with van der Waals surface area (Å²) in [6, 6.07) is 14.4. The fourth-order valence-corrected chi connectivity index (χ4v) is 2.46. The predicted octanol–water partition coefficient (Wildman–Crippen LogP) is 4.12. The second kappa shape index (κ2) is 5.45. The molecule has 0 amide bonds. The summed E-state index contributed by atoms with van der Waals surface area (Å²) < 4.78 is 0. The summed E-state index contributed by atoms with van der Waals surface area (Å²) in [7, 11) is 2.04. The fourth-order valence-electron chi connectivity index (χ4n) is 2.46. The Kier molecular flexibility index (Phi) is 3.91. The van der Waals surface area contributed by atoms with Crippen LogP contribution < -0.4 is 4.90 Å². The van der Waals surface area contributed by atoms with Crippen LogP contribution in [-0.4, -0.2) is 12.2 Å². The first-order valence-corrected chi connectivity index (χ1v) is 6.58. The van der Waals surface area contributed by atoms with E-state index in [1.54, 1.807) is 6.92 Å². The molecule has 0 aromatic heterocycles. The van der Waals surface area contributed by atoms with Crippen molar-refractivity contribution in [3.05, 3.63) is 59.2 Å². The zero-order chi connectivity index (χ0) is 14.0. The van der Waals surface area contributed by atoms with Gasteiger partial charge in [-0.2, -0.15) is 0 Å². The monoisotopic (exact) mass is 255 g/mol. The van der Waals surface area contributed by atoms with Gasteiger partial charge >= 0.3 is 0 Å². The number of aliphatic hydroxyl groups excluding tert-OH is 1. The van der Waals surface area contributed by atoms with Gasteiger partial charge in [-0.3, -0.25) is 0 Å². The van der Waals surface area contributed by atoms with Gasteiger partial charge in [0.15, 0.2) is 0 Å². The van der Waals surface area contributed by atoms with Gasteiger partial charge in [-0.25, -0.2) is 0 Å². The largest absolute Gasteiger partial charge is 0.389 e. The summed E-state index contributed by atoms with van der Waals surface area (Å²) in [6.07, 6.45) is -0.468.